The number of carbonyl (C=O) groups is 1. The van der Waals surface area contributed by atoms with Crippen molar-refractivity contribution in [1.29, 1.82) is 0 Å². The molecule has 0 spiro atoms. The number of halogens is 1. The van der Waals surface area contributed by atoms with Crippen molar-refractivity contribution >= 4 is 18.3 Å². The number of amides is 1. The van der Waals surface area contributed by atoms with Crippen molar-refractivity contribution in [1.82, 2.24) is 15.5 Å². The monoisotopic (exact) mass is 408 g/mol. The lowest BCUT2D eigenvalue weighted by Crippen LogP contribution is -2.75. The Morgan fingerprint density at radius 3 is 2.68 bits per heavy atom. The maximum atomic E-state index is 12.8. The molecule has 1 aromatic heterocycles. The molecule has 1 aliphatic carbocycles. The molecule has 3 atom stereocenters. The summed E-state index contributed by atoms with van der Waals surface area (Å²) in [4.78, 5) is 17.2. The van der Waals surface area contributed by atoms with Gasteiger partial charge in [0, 0.05) is 18.4 Å². The molecule has 3 unspecified atom stereocenters. The summed E-state index contributed by atoms with van der Waals surface area (Å²) in [6.07, 6.45) is 1.03. The van der Waals surface area contributed by atoms with E-state index in [4.69, 9.17) is 15.0 Å². The van der Waals surface area contributed by atoms with E-state index in [2.05, 4.69) is 15.5 Å². The number of rotatable bonds is 7. The number of hydrogen-bond donors (Lipinski definition) is 2. The van der Waals surface area contributed by atoms with Gasteiger partial charge in [-0.25, -0.2) is 0 Å². The minimum atomic E-state index is -0.975. The summed E-state index contributed by atoms with van der Waals surface area (Å²) < 4.78 is 11.0. The van der Waals surface area contributed by atoms with Gasteiger partial charge in [-0.05, 0) is 19.4 Å². The first-order chi connectivity index (χ1) is 12.8. The van der Waals surface area contributed by atoms with E-state index in [0.29, 0.717) is 31.2 Å². The van der Waals surface area contributed by atoms with Crippen LogP contribution in [0.2, 0.25) is 0 Å². The largest absolute Gasteiger partial charge is 0.378 e. The molecule has 3 N–H and O–H groups in total. The fraction of sp³-hybridized carbons (Fsp3) is 0.550. The highest BCUT2D eigenvalue weighted by molar-refractivity contribution is 5.89. The van der Waals surface area contributed by atoms with Gasteiger partial charge in [0.25, 0.3) is 0 Å². The minimum absolute atomic E-state index is 0. The van der Waals surface area contributed by atoms with Crippen molar-refractivity contribution < 1.29 is 14.1 Å². The van der Waals surface area contributed by atoms with Crippen LogP contribution in [0.3, 0.4) is 0 Å². The second-order valence-corrected chi connectivity index (χ2v) is 7.74. The molecular formula is C20H29ClN4O3. The lowest BCUT2D eigenvalue weighted by atomic mass is 9.54. The normalized spacial score (nSPS) is 24.0. The van der Waals surface area contributed by atoms with Crippen LogP contribution in [-0.4, -0.2) is 34.3 Å². The van der Waals surface area contributed by atoms with Crippen LogP contribution in [0.15, 0.2) is 34.9 Å². The van der Waals surface area contributed by atoms with Gasteiger partial charge < -0.3 is 20.3 Å². The van der Waals surface area contributed by atoms with Crippen LogP contribution in [0.4, 0.5) is 0 Å². The third kappa shape index (κ3) is 4.06. The Morgan fingerprint density at radius 1 is 1.39 bits per heavy atom. The first-order valence-electron chi connectivity index (χ1n) is 9.35. The van der Waals surface area contributed by atoms with Crippen LogP contribution in [0.5, 0.6) is 0 Å². The van der Waals surface area contributed by atoms with Gasteiger partial charge in [-0.3, -0.25) is 4.79 Å². The van der Waals surface area contributed by atoms with E-state index in [1.165, 1.54) is 0 Å². The van der Waals surface area contributed by atoms with Gasteiger partial charge in [0.1, 0.15) is 5.54 Å². The van der Waals surface area contributed by atoms with Crippen LogP contribution < -0.4 is 11.1 Å². The molecule has 1 heterocycles. The molecule has 0 aliphatic heterocycles. The van der Waals surface area contributed by atoms with Crippen molar-refractivity contribution in [3.63, 3.8) is 0 Å². The van der Waals surface area contributed by atoms with E-state index < -0.39 is 17.0 Å². The number of nitrogens with zero attached hydrogens (tertiary/aromatic N) is 2. The zero-order valence-electron chi connectivity index (χ0n) is 16.8. The fourth-order valence-electron chi connectivity index (χ4n) is 3.50. The highest BCUT2D eigenvalue weighted by Gasteiger charge is 2.63. The summed E-state index contributed by atoms with van der Waals surface area (Å²) >= 11 is 0. The molecule has 1 aromatic carbocycles. The molecule has 1 fully saturated rings. The number of nitrogens with one attached hydrogen (secondary N) is 1. The molecule has 8 heteroatoms. The summed E-state index contributed by atoms with van der Waals surface area (Å²) in [5.41, 5.74) is 6.09. The lowest BCUT2D eigenvalue weighted by Gasteiger charge is -2.57. The van der Waals surface area contributed by atoms with Gasteiger partial charge in [-0.2, -0.15) is 4.98 Å². The van der Waals surface area contributed by atoms with Gasteiger partial charge in [-0.1, -0.05) is 49.3 Å². The van der Waals surface area contributed by atoms with E-state index in [1.54, 1.807) is 0 Å². The molecule has 154 valence electrons. The quantitative estimate of drug-likeness (QED) is 0.730. The number of carbonyl (C=O) groups excluding carboxylic acids is 1. The average Bonchev–Trinajstić information content (AvgIpc) is 3.10. The van der Waals surface area contributed by atoms with Crippen LogP contribution >= 0.6 is 12.4 Å². The molecule has 0 saturated heterocycles. The molecule has 7 nitrogen and oxygen atoms in total. The molecule has 3 rings (SSSR count). The zero-order chi connectivity index (χ0) is 19.7. The molecule has 1 amide bonds. The summed E-state index contributed by atoms with van der Waals surface area (Å²) in [6, 6.07) is 9.49. The summed E-state index contributed by atoms with van der Waals surface area (Å²) in [5, 5.41) is 6.94. The first kappa shape index (κ1) is 22.3. The predicted molar refractivity (Wildman–Crippen MR) is 108 cm³/mol. The Kier molecular flexibility index (Phi) is 6.85. The topological polar surface area (TPSA) is 103 Å². The van der Waals surface area contributed by atoms with Gasteiger partial charge in [0.15, 0.2) is 5.82 Å². The third-order valence-electron chi connectivity index (χ3n) is 5.65. The van der Waals surface area contributed by atoms with Gasteiger partial charge >= 0.3 is 0 Å². The molecule has 0 radical (unpaired) electrons. The molecular weight excluding hydrogens is 380 g/mol. The Hall–Kier alpha value is -1.96. The second kappa shape index (κ2) is 8.59. The first-order valence-corrected chi connectivity index (χ1v) is 9.35. The van der Waals surface area contributed by atoms with E-state index in [9.17, 15) is 4.79 Å². The zero-order valence-corrected chi connectivity index (χ0v) is 17.6. The highest BCUT2D eigenvalue weighted by atomic mass is 35.5. The van der Waals surface area contributed by atoms with Crippen molar-refractivity contribution in [3.8, 4) is 0 Å². The predicted octanol–water partition coefficient (Wildman–Crippen LogP) is 2.79. The van der Waals surface area contributed by atoms with E-state index in [1.807, 2.05) is 58.0 Å². The van der Waals surface area contributed by atoms with Crippen molar-refractivity contribution in [3.05, 3.63) is 47.6 Å². The van der Waals surface area contributed by atoms with Crippen LogP contribution in [-0.2, 0) is 16.0 Å². The summed E-state index contributed by atoms with van der Waals surface area (Å²) in [7, 11) is 0. The Balaban J connectivity index is 0.00000280. The van der Waals surface area contributed by atoms with Crippen LogP contribution in [0.1, 0.15) is 57.4 Å². The molecule has 1 aliphatic rings. The fourth-order valence-corrected chi connectivity index (χ4v) is 3.50. The van der Waals surface area contributed by atoms with Crippen molar-refractivity contribution in [2.75, 3.05) is 6.61 Å². The van der Waals surface area contributed by atoms with Crippen molar-refractivity contribution in [2.45, 2.75) is 58.2 Å². The summed E-state index contributed by atoms with van der Waals surface area (Å²) in [5.74, 6) is 0.738. The molecule has 0 bridgehead atoms. The smallest absolute Gasteiger partial charge is 0.241 e. The number of ether oxygens (including phenoxy) is 1. The van der Waals surface area contributed by atoms with Gasteiger partial charge in [0.2, 0.25) is 11.8 Å². The number of aromatic nitrogens is 2. The average molecular weight is 409 g/mol. The molecule has 28 heavy (non-hydrogen) atoms. The highest BCUT2D eigenvalue weighted by Crippen LogP contribution is 2.50. The Morgan fingerprint density at radius 2 is 2.07 bits per heavy atom. The minimum Gasteiger partial charge on any atom is -0.378 e. The van der Waals surface area contributed by atoms with Crippen molar-refractivity contribution in [2.24, 2.45) is 11.1 Å². The summed E-state index contributed by atoms with van der Waals surface area (Å²) in [6.45, 7) is 8.30. The van der Waals surface area contributed by atoms with Crippen LogP contribution in [0.25, 0.3) is 0 Å². The van der Waals surface area contributed by atoms with Crippen LogP contribution in [0, 0.1) is 5.41 Å². The number of benzene rings is 1. The second-order valence-electron chi connectivity index (χ2n) is 7.74. The molecule has 2 aromatic rings. The Labute approximate surface area is 171 Å². The lowest BCUT2D eigenvalue weighted by molar-refractivity contribution is -0.171. The van der Waals surface area contributed by atoms with Gasteiger partial charge in [-0.15, -0.1) is 12.4 Å². The number of hydrogen-bond acceptors (Lipinski definition) is 6. The standard InChI is InChI=1S/C20H28N4O3.ClH/c1-5-26-15-12-20(21,19(15,3)4)18(25)22-13(2)17-23-16(27-24-17)11-14-9-7-6-8-10-14;/h6-10,13,15H,5,11-12,21H2,1-4H3,(H,22,25);1H. The molecule has 1 saturated carbocycles. The Bertz CT molecular complexity index is 796. The van der Waals surface area contributed by atoms with Gasteiger partial charge in [0.05, 0.1) is 18.6 Å². The number of nitrogens with two attached hydrogens (primary N) is 1. The maximum Gasteiger partial charge on any atom is 0.241 e. The maximum absolute atomic E-state index is 12.8. The van der Waals surface area contributed by atoms with E-state index in [0.717, 1.165) is 5.56 Å². The van der Waals surface area contributed by atoms with E-state index >= 15 is 0 Å². The SMILES string of the molecule is CCOC1CC(N)(C(=O)NC(C)c2noc(Cc3ccccc3)n2)C1(C)C.Cl. The third-order valence-corrected chi connectivity index (χ3v) is 5.65. The van der Waals surface area contributed by atoms with E-state index in [-0.39, 0.29) is 24.4 Å².